The van der Waals surface area contributed by atoms with Gasteiger partial charge in [-0.2, -0.15) is 0 Å². The van der Waals surface area contributed by atoms with E-state index in [4.69, 9.17) is 0 Å². The van der Waals surface area contributed by atoms with Gasteiger partial charge in [0, 0.05) is 12.5 Å². The molecule has 1 heterocycles. The van der Waals surface area contributed by atoms with E-state index < -0.39 is 11.6 Å². The summed E-state index contributed by atoms with van der Waals surface area (Å²) < 4.78 is 27.7. The highest BCUT2D eigenvalue weighted by atomic mass is 19.2. The van der Waals surface area contributed by atoms with Crippen molar-refractivity contribution >= 4 is 0 Å². The van der Waals surface area contributed by atoms with Crippen LogP contribution in [0.15, 0.2) is 24.5 Å². The van der Waals surface area contributed by atoms with Crippen LogP contribution in [0.5, 0.6) is 0 Å². The summed E-state index contributed by atoms with van der Waals surface area (Å²) in [7, 11) is 0. The van der Waals surface area contributed by atoms with E-state index in [1.165, 1.54) is 6.07 Å². The Morgan fingerprint density at radius 1 is 1.24 bits per heavy atom. The fourth-order valence-electron chi connectivity index (χ4n) is 1.66. The van der Waals surface area contributed by atoms with Gasteiger partial charge < -0.3 is 4.57 Å². The summed E-state index contributed by atoms with van der Waals surface area (Å²) in [6.07, 6.45) is 2.08. The third kappa shape index (κ3) is 2.49. The van der Waals surface area contributed by atoms with E-state index in [-0.39, 0.29) is 6.04 Å². The van der Waals surface area contributed by atoms with Gasteiger partial charge in [0.25, 0.3) is 0 Å². The Labute approximate surface area is 98.1 Å². The van der Waals surface area contributed by atoms with Crippen LogP contribution in [0.1, 0.15) is 31.3 Å². The summed E-state index contributed by atoms with van der Waals surface area (Å²) in [5.74, 6) is -0.928. The molecular weight excluding hydrogens is 224 g/mol. The second-order valence-corrected chi connectivity index (χ2v) is 4.17. The number of hydrogen-bond acceptors (Lipinski definition) is 2. The molecule has 0 atom stereocenters. The first-order chi connectivity index (χ1) is 8.08. The van der Waals surface area contributed by atoms with Crippen LogP contribution in [-0.4, -0.2) is 14.8 Å². The third-order valence-electron chi connectivity index (χ3n) is 2.55. The molecule has 2 rings (SSSR count). The van der Waals surface area contributed by atoms with Crippen molar-refractivity contribution in [3.63, 3.8) is 0 Å². The molecular formula is C12H13F2N3. The van der Waals surface area contributed by atoms with Crippen molar-refractivity contribution in [3.05, 3.63) is 47.5 Å². The summed E-state index contributed by atoms with van der Waals surface area (Å²) in [4.78, 5) is 0. The van der Waals surface area contributed by atoms with Crippen LogP contribution in [0.25, 0.3) is 0 Å². The number of rotatable bonds is 3. The maximum atomic E-state index is 13.0. The van der Waals surface area contributed by atoms with Gasteiger partial charge in [-0.25, -0.2) is 8.78 Å². The van der Waals surface area contributed by atoms with Crippen molar-refractivity contribution in [2.45, 2.75) is 26.3 Å². The minimum absolute atomic E-state index is 0.241. The van der Waals surface area contributed by atoms with Gasteiger partial charge in [-0.1, -0.05) is 6.07 Å². The second-order valence-electron chi connectivity index (χ2n) is 4.17. The lowest BCUT2D eigenvalue weighted by molar-refractivity contribution is 0.507. The number of hydrogen-bond donors (Lipinski definition) is 0. The quantitative estimate of drug-likeness (QED) is 0.821. The molecule has 0 fully saturated rings. The molecule has 0 saturated carbocycles. The zero-order valence-electron chi connectivity index (χ0n) is 9.69. The van der Waals surface area contributed by atoms with Crippen LogP contribution >= 0.6 is 0 Å². The van der Waals surface area contributed by atoms with Crippen molar-refractivity contribution in [3.8, 4) is 0 Å². The SMILES string of the molecule is CC(C)n1cnnc1Cc1ccc(F)c(F)c1. The molecule has 0 saturated heterocycles. The highest BCUT2D eigenvalue weighted by molar-refractivity contribution is 5.21. The fourth-order valence-corrected chi connectivity index (χ4v) is 1.66. The van der Waals surface area contributed by atoms with Gasteiger partial charge in [0.1, 0.15) is 12.2 Å². The highest BCUT2D eigenvalue weighted by Crippen LogP contribution is 2.14. The summed E-state index contributed by atoms with van der Waals surface area (Å²) in [5.41, 5.74) is 0.679. The molecule has 0 spiro atoms. The van der Waals surface area contributed by atoms with Crippen LogP contribution in [0, 0.1) is 11.6 Å². The molecule has 17 heavy (non-hydrogen) atoms. The van der Waals surface area contributed by atoms with E-state index in [1.54, 1.807) is 12.4 Å². The molecule has 2 aromatic rings. The predicted octanol–water partition coefficient (Wildman–Crippen LogP) is 2.73. The molecule has 0 unspecified atom stereocenters. The first-order valence-corrected chi connectivity index (χ1v) is 5.40. The molecule has 0 amide bonds. The van der Waals surface area contributed by atoms with Gasteiger partial charge in [-0.3, -0.25) is 0 Å². The lowest BCUT2D eigenvalue weighted by atomic mass is 10.1. The predicted molar refractivity (Wildman–Crippen MR) is 59.6 cm³/mol. The summed E-state index contributed by atoms with van der Waals surface area (Å²) in [6.45, 7) is 4.02. The van der Waals surface area contributed by atoms with Gasteiger partial charge in [-0.15, -0.1) is 10.2 Å². The standard InChI is InChI=1S/C12H13F2N3/c1-8(2)17-7-15-16-12(17)6-9-3-4-10(13)11(14)5-9/h3-5,7-8H,6H2,1-2H3. The van der Waals surface area contributed by atoms with E-state index in [0.29, 0.717) is 12.0 Å². The Hall–Kier alpha value is -1.78. The molecule has 0 radical (unpaired) electrons. The van der Waals surface area contributed by atoms with Crippen molar-refractivity contribution < 1.29 is 8.78 Å². The van der Waals surface area contributed by atoms with Gasteiger partial charge >= 0.3 is 0 Å². The molecule has 0 aliphatic rings. The zero-order chi connectivity index (χ0) is 12.4. The highest BCUT2D eigenvalue weighted by Gasteiger charge is 2.09. The maximum absolute atomic E-state index is 13.0. The Kier molecular flexibility index (Phi) is 3.17. The number of benzene rings is 1. The molecule has 0 N–H and O–H groups in total. The first kappa shape index (κ1) is 11.7. The lowest BCUT2D eigenvalue weighted by Crippen LogP contribution is -2.06. The smallest absolute Gasteiger partial charge is 0.159 e. The maximum Gasteiger partial charge on any atom is 0.159 e. The van der Waals surface area contributed by atoms with Gasteiger partial charge in [-0.05, 0) is 31.5 Å². The fraction of sp³-hybridized carbons (Fsp3) is 0.333. The molecule has 0 bridgehead atoms. The van der Waals surface area contributed by atoms with Crippen molar-refractivity contribution in [2.75, 3.05) is 0 Å². The second kappa shape index (κ2) is 4.61. The van der Waals surface area contributed by atoms with E-state index in [0.717, 1.165) is 11.9 Å². The number of aromatic nitrogens is 3. The van der Waals surface area contributed by atoms with Crippen molar-refractivity contribution in [1.29, 1.82) is 0 Å². The topological polar surface area (TPSA) is 30.7 Å². The molecule has 90 valence electrons. The first-order valence-electron chi connectivity index (χ1n) is 5.40. The minimum Gasteiger partial charge on any atom is -0.315 e. The van der Waals surface area contributed by atoms with Crippen molar-refractivity contribution in [2.24, 2.45) is 0 Å². The van der Waals surface area contributed by atoms with E-state index in [2.05, 4.69) is 10.2 Å². The average molecular weight is 237 g/mol. The Bertz CT molecular complexity index is 520. The van der Waals surface area contributed by atoms with Crippen LogP contribution < -0.4 is 0 Å². The number of halogens is 2. The summed E-state index contributed by atoms with van der Waals surface area (Å²) >= 11 is 0. The van der Waals surface area contributed by atoms with Crippen LogP contribution in [0.2, 0.25) is 0 Å². The van der Waals surface area contributed by atoms with E-state index in [1.807, 2.05) is 18.4 Å². The molecule has 0 aliphatic carbocycles. The largest absolute Gasteiger partial charge is 0.315 e. The Balaban J connectivity index is 2.25. The summed E-state index contributed by atoms with van der Waals surface area (Å²) in [5, 5.41) is 7.81. The summed E-state index contributed by atoms with van der Waals surface area (Å²) in [6, 6.07) is 4.11. The average Bonchev–Trinajstić information content (AvgIpc) is 2.72. The molecule has 5 heteroatoms. The van der Waals surface area contributed by atoms with Crippen LogP contribution in [0.3, 0.4) is 0 Å². The van der Waals surface area contributed by atoms with E-state index in [9.17, 15) is 8.78 Å². The number of nitrogens with zero attached hydrogens (tertiary/aromatic N) is 3. The monoisotopic (exact) mass is 237 g/mol. The van der Waals surface area contributed by atoms with Crippen LogP contribution in [0.4, 0.5) is 8.78 Å². The Morgan fingerprint density at radius 3 is 2.65 bits per heavy atom. The normalized spacial score (nSPS) is 11.1. The molecule has 0 aliphatic heterocycles. The lowest BCUT2D eigenvalue weighted by Gasteiger charge is -2.09. The molecule has 3 nitrogen and oxygen atoms in total. The zero-order valence-corrected chi connectivity index (χ0v) is 9.69. The van der Waals surface area contributed by atoms with E-state index >= 15 is 0 Å². The van der Waals surface area contributed by atoms with Gasteiger partial charge in [0.15, 0.2) is 11.6 Å². The molecule has 1 aromatic carbocycles. The van der Waals surface area contributed by atoms with Gasteiger partial charge in [0.2, 0.25) is 0 Å². The molecule has 1 aromatic heterocycles. The third-order valence-corrected chi connectivity index (χ3v) is 2.55. The van der Waals surface area contributed by atoms with Crippen molar-refractivity contribution in [1.82, 2.24) is 14.8 Å². The van der Waals surface area contributed by atoms with Gasteiger partial charge in [0.05, 0.1) is 0 Å². The minimum atomic E-state index is -0.835. The Morgan fingerprint density at radius 2 is 2.00 bits per heavy atom. The van der Waals surface area contributed by atoms with Crippen LogP contribution in [-0.2, 0) is 6.42 Å².